The number of hydrogen-bond donors (Lipinski definition) is 2. The normalized spacial score (nSPS) is 12.6. The third kappa shape index (κ3) is 4.78. The second kappa shape index (κ2) is 7.23. The van der Waals surface area contributed by atoms with E-state index in [0.717, 1.165) is 0 Å². The minimum Gasteiger partial charge on any atom is -0.337 e. The van der Waals surface area contributed by atoms with E-state index in [0.29, 0.717) is 5.82 Å². The summed E-state index contributed by atoms with van der Waals surface area (Å²) < 4.78 is 29.1. The molecule has 0 bridgehead atoms. The third-order valence-corrected chi connectivity index (χ3v) is 4.75. The van der Waals surface area contributed by atoms with Gasteiger partial charge >= 0.3 is 6.03 Å². The van der Waals surface area contributed by atoms with Gasteiger partial charge in [0.05, 0.1) is 10.6 Å². The summed E-state index contributed by atoms with van der Waals surface area (Å²) in [6.07, 6.45) is 0. The van der Waals surface area contributed by atoms with Gasteiger partial charge in [0, 0.05) is 6.54 Å². The fourth-order valence-corrected chi connectivity index (χ4v) is 3.02. The van der Waals surface area contributed by atoms with Crippen LogP contribution < -0.4 is 10.6 Å². The van der Waals surface area contributed by atoms with Gasteiger partial charge in [0.15, 0.2) is 15.7 Å². The molecule has 1 heterocycles. The zero-order chi connectivity index (χ0) is 16.9. The molecule has 1 aromatic carbocycles. The number of nitrogens with zero attached hydrogens (tertiary/aromatic N) is 2. The Labute approximate surface area is 134 Å². The maximum atomic E-state index is 12.1. The summed E-state index contributed by atoms with van der Waals surface area (Å²) in [6, 6.07) is 7.12. The number of rotatable bonds is 6. The van der Waals surface area contributed by atoms with E-state index in [-0.39, 0.29) is 23.1 Å². The average molecular weight is 338 g/mol. The van der Waals surface area contributed by atoms with Crippen LogP contribution in [0.2, 0.25) is 0 Å². The first-order valence-corrected chi connectivity index (χ1v) is 8.66. The molecule has 9 heteroatoms. The number of aryl methyl sites for hydroxylation is 1. The van der Waals surface area contributed by atoms with Crippen LogP contribution >= 0.6 is 0 Å². The Hall–Kier alpha value is -2.42. The first-order chi connectivity index (χ1) is 10.9. The maximum Gasteiger partial charge on any atom is 0.315 e. The predicted octanol–water partition coefficient (Wildman–Crippen LogP) is 1.21. The molecular formula is C14H18N4O4S. The fourth-order valence-electron chi connectivity index (χ4n) is 1.84. The first-order valence-electron chi connectivity index (χ1n) is 7.01. The zero-order valence-electron chi connectivity index (χ0n) is 12.8. The summed E-state index contributed by atoms with van der Waals surface area (Å²) in [4.78, 5) is 16.0. The molecule has 0 fully saturated rings. The smallest absolute Gasteiger partial charge is 0.315 e. The van der Waals surface area contributed by atoms with E-state index in [4.69, 9.17) is 4.52 Å². The maximum absolute atomic E-state index is 12.1. The molecule has 0 spiro atoms. The molecule has 2 aromatic rings. The van der Waals surface area contributed by atoms with E-state index in [2.05, 4.69) is 20.8 Å². The van der Waals surface area contributed by atoms with Crippen molar-refractivity contribution in [2.75, 3.05) is 12.3 Å². The number of carbonyl (C=O) groups is 1. The number of carbonyl (C=O) groups excluding carboxylic acids is 1. The van der Waals surface area contributed by atoms with Crippen molar-refractivity contribution in [3.63, 3.8) is 0 Å². The lowest BCUT2D eigenvalue weighted by Crippen LogP contribution is -2.39. The number of nitrogens with one attached hydrogen (secondary N) is 2. The summed E-state index contributed by atoms with van der Waals surface area (Å²) in [5.41, 5.74) is 0. The van der Waals surface area contributed by atoms with Crippen molar-refractivity contribution < 1.29 is 17.7 Å². The number of urea groups is 1. The highest BCUT2D eigenvalue weighted by atomic mass is 32.2. The molecule has 2 amide bonds. The Kier molecular flexibility index (Phi) is 5.32. The second-order valence-electron chi connectivity index (χ2n) is 4.93. The van der Waals surface area contributed by atoms with E-state index in [1.807, 2.05) is 0 Å². The van der Waals surface area contributed by atoms with Crippen molar-refractivity contribution in [1.29, 1.82) is 0 Å². The lowest BCUT2D eigenvalue weighted by Gasteiger charge is -2.11. The Bertz CT molecular complexity index is 758. The molecule has 1 atom stereocenters. The standard InChI is InChI=1S/C14H18N4O4S/c1-10(13-17-11(2)18-22-13)16-14(19)15-8-9-23(20,21)12-6-4-3-5-7-12/h3-7,10H,8-9H2,1-2H3,(H2,15,16,19)/t10-/m0/s1. The van der Waals surface area contributed by atoms with Gasteiger partial charge in [0.1, 0.15) is 6.04 Å². The highest BCUT2D eigenvalue weighted by Crippen LogP contribution is 2.10. The summed E-state index contributed by atoms with van der Waals surface area (Å²) >= 11 is 0. The molecule has 124 valence electrons. The highest BCUT2D eigenvalue weighted by Gasteiger charge is 2.17. The van der Waals surface area contributed by atoms with Crippen LogP contribution in [0.15, 0.2) is 39.8 Å². The van der Waals surface area contributed by atoms with Gasteiger partial charge in [-0.1, -0.05) is 23.4 Å². The fraction of sp³-hybridized carbons (Fsp3) is 0.357. The van der Waals surface area contributed by atoms with Gasteiger partial charge in [0.2, 0.25) is 5.89 Å². The quantitative estimate of drug-likeness (QED) is 0.818. The van der Waals surface area contributed by atoms with E-state index in [1.165, 1.54) is 12.1 Å². The second-order valence-corrected chi connectivity index (χ2v) is 7.04. The van der Waals surface area contributed by atoms with Crippen LogP contribution in [0.4, 0.5) is 4.79 Å². The predicted molar refractivity (Wildman–Crippen MR) is 82.5 cm³/mol. The summed E-state index contributed by atoms with van der Waals surface area (Å²) in [5.74, 6) is 0.580. The zero-order valence-corrected chi connectivity index (χ0v) is 13.6. The summed E-state index contributed by atoms with van der Waals surface area (Å²) in [7, 11) is -3.42. The molecule has 8 nitrogen and oxygen atoms in total. The van der Waals surface area contributed by atoms with Crippen LogP contribution in [0, 0.1) is 6.92 Å². The molecule has 0 radical (unpaired) electrons. The largest absolute Gasteiger partial charge is 0.337 e. The van der Waals surface area contributed by atoms with Crippen LogP contribution in [0.3, 0.4) is 0 Å². The summed E-state index contributed by atoms with van der Waals surface area (Å²) in [5, 5.41) is 8.73. The molecule has 0 aliphatic heterocycles. The van der Waals surface area contributed by atoms with Crippen LogP contribution in [0.5, 0.6) is 0 Å². The minimum atomic E-state index is -3.42. The molecule has 2 N–H and O–H groups in total. The van der Waals surface area contributed by atoms with Crippen LogP contribution in [0.1, 0.15) is 24.7 Å². The van der Waals surface area contributed by atoms with E-state index < -0.39 is 21.9 Å². The molecule has 23 heavy (non-hydrogen) atoms. The topological polar surface area (TPSA) is 114 Å². The molecule has 1 aromatic heterocycles. The van der Waals surface area contributed by atoms with Gasteiger partial charge < -0.3 is 15.2 Å². The van der Waals surface area contributed by atoms with E-state index in [1.54, 1.807) is 32.0 Å². The highest BCUT2D eigenvalue weighted by molar-refractivity contribution is 7.91. The van der Waals surface area contributed by atoms with E-state index in [9.17, 15) is 13.2 Å². The van der Waals surface area contributed by atoms with Crippen LogP contribution in [-0.4, -0.2) is 36.9 Å². The van der Waals surface area contributed by atoms with Gasteiger partial charge in [0.25, 0.3) is 0 Å². The molecule has 2 rings (SSSR count). The van der Waals surface area contributed by atoms with Gasteiger partial charge in [-0.05, 0) is 26.0 Å². The van der Waals surface area contributed by atoms with Crippen molar-refractivity contribution in [3.8, 4) is 0 Å². The van der Waals surface area contributed by atoms with Crippen molar-refractivity contribution >= 4 is 15.9 Å². The summed E-state index contributed by atoms with van der Waals surface area (Å²) in [6.45, 7) is 3.36. The van der Waals surface area contributed by atoms with Crippen LogP contribution in [0.25, 0.3) is 0 Å². The molecular weight excluding hydrogens is 320 g/mol. The monoisotopic (exact) mass is 338 g/mol. The Morgan fingerprint density at radius 2 is 2.00 bits per heavy atom. The average Bonchev–Trinajstić information content (AvgIpc) is 2.94. The third-order valence-electron chi connectivity index (χ3n) is 3.02. The SMILES string of the molecule is Cc1noc([C@H](C)NC(=O)NCCS(=O)(=O)c2ccccc2)n1. The first kappa shape index (κ1) is 16.9. The van der Waals surface area contributed by atoms with Crippen molar-refractivity contribution in [2.45, 2.75) is 24.8 Å². The van der Waals surface area contributed by atoms with E-state index >= 15 is 0 Å². The molecule has 0 unspecified atom stereocenters. The Morgan fingerprint density at radius 1 is 1.30 bits per heavy atom. The van der Waals surface area contributed by atoms with Crippen molar-refractivity contribution in [1.82, 2.24) is 20.8 Å². The Morgan fingerprint density at radius 3 is 2.61 bits per heavy atom. The van der Waals surface area contributed by atoms with Gasteiger partial charge in [-0.25, -0.2) is 13.2 Å². The van der Waals surface area contributed by atoms with Crippen molar-refractivity contribution in [3.05, 3.63) is 42.0 Å². The number of benzene rings is 1. The Balaban J connectivity index is 1.81. The molecule has 0 aliphatic rings. The molecule has 0 saturated heterocycles. The number of aromatic nitrogens is 2. The van der Waals surface area contributed by atoms with Gasteiger partial charge in [-0.15, -0.1) is 0 Å². The number of sulfone groups is 1. The molecule has 0 saturated carbocycles. The molecule has 0 aliphatic carbocycles. The van der Waals surface area contributed by atoms with Gasteiger partial charge in [-0.3, -0.25) is 0 Å². The minimum absolute atomic E-state index is 0.00135. The number of amides is 2. The van der Waals surface area contributed by atoms with Gasteiger partial charge in [-0.2, -0.15) is 4.98 Å². The number of hydrogen-bond acceptors (Lipinski definition) is 6. The van der Waals surface area contributed by atoms with Crippen molar-refractivity contribution in [2.24, 2.45) is 0 Å². The van der Waals surface area contributed by atoms with Crippen LogP contribution in [-0.2, 0) is 9.84 Å². The lowest BCUT2D eigenvalue weighted by atomic mass is 10.3. The lowest BCUT2D eigenvalue weighted by molar-refractivity contribution is 0.234.